The van der Waals surface area contributed by atoms with Crippen LogP contribution in [-0.2, 0) is 28.6 Å². The molecule has 0 fully saturated rings. The summed E-state index contributed by atoms with van der Waals surface area (Å²) in [5, 5.41) is 0. The molecule has 6 heteroatoms. The summed E-state index contributed by atoms with van der Waals surface area (Å²) in [7, 11) is 0. The van der Waals surface area contributed by atoms with Crippen molar-refractivity contribution in [3.63, 3.8) is 0 Å². The van der Waals surface area contributed by atoms with Gasteiger partial charge in [-0.3, -0.25) is 14.4 Å². The summed E-state index contributed by atoms with van der Waals surface area (Å²) < 4.78 is 16.8. The Hall–Kier alpha value is -3.41. The van der Waals surface area contributed by atoms with Crippen molar-refractivity contribution in [2.75, 3.05) is 13.2 Å². The van der Waals surface area contributed by atoms with Crippen LogP contribution in [0.1, 0.15) is 348 Å². The molecule has 0 N–H and O–H groups in total. The van der Waals surface area contributed by atoms with Gasteiger partial charge in [0.2, 0.25) is 0 Å². The Balaban J connectivity index is 4.18. The van der Waals surface area contributed by atoms with Crippen LogP contribution in [0.5, 0.6) is 0 Å². The van der Waals surface area contributed by atoms with Gasteiger partial charge in [0.25, 0.3) is 0 Å². The topological polar surface area (TPSA) is 78.9 Å². The second-order valence-corrected chi connectivity index (χ2v) is 23.1. The van der Waals surface area contributed by atoms with E-state index in [0.717, 1.165) is 89.9 Å². The molecule has 0 spiro atoms. The average molecular weight is 1120 g/mol. The normalized spacial score (nSPS) is 12.6. The molecule has 0 saturated heterocycles. The van der Waals surface area contributed by atoms with E-state index < -0.39 is 12.1 Å². The molecule has 0 aliphatic carbocycles. The zero-order valence-corrected chi connectivity index (χ0v) is 53.1. The maximum absolute atomic E-state index is 12.9. The quantitative estimate of drug-likeness (QED) is 0.0261. The molecule has 0 aromatic rings. The van der Waals surface area contributed by atoms with Gasteiger partial charge in [-0.1, -0.05) is 337 Å². The summed E-state index contributed by atoms with van der Waals surface area (Å²) in [5.41, 5.74) is 0. The van der Waals surface area contributed by atoms with Crippen molar-refractivity contribution < 1.29 is 28.6 Å². The van der Waals surface area contributed by atoms with Crippen molar-refractivity contribution in [2.45, 2.75) is 354 Å². The van der Waals surface area contributed by atoms with Crippen molar-refractivity contribution in [2.24, 2.45) is 0 Å². The molecule has 0 bridgehead atoms. The first-order valence-corrected chi connectivity index (χ1v) is 34.6. The second-order valence-electron chi connectivity index (χ2n) is 23.1. The van der Waals surface area contributed by atoms with Crippen LogP contribution in [0.25, 0.3) is 0 Å². The Bertz CT molecular complexity index is 1520. The Morgan fingerprint density at radius 3 is 0.850 bits per heavy atom. The van der Waals surface area contributed by atoms with E-state index in [1.807, 2.05) is 6.08 Å². The number of carbonyl (C=O) groups is 3. The van der Waals surface area contributed by atoms with E-state index in [0.29, 0.717) is 19.3 Å². The molecule has 6 nitrogen and oxygen atoms in total. The van der Waals surface area contributed by atoms with Gasteiger partial charge in [0.1, 0.15) is 13.2 Å². The van der Waals surface area contributed by atoms with Crippen molar-refractivity contribution >= 4 is 17.9 Å². The highest BCUT2D eigenvalue weighted by atomic mass is 16.6. The van der Waals surface area contributed by atoms with Crippen LogP contribution in [0, 0.1) is 0 Å². The molecule has 0 aliphatic heterocycles. The third kappa shape index (κ3) is 65.4. The minimum absolute atomic E-state index is 0.107. The lowest BCUT2D eigenvalue weighted by Crippen LogP contribution is -2.30. The molecule has 1 atom stereocenters. The number of carbonyl (C=O) groups excluding carboxylic acids is 3. The number of ether oxygens (including phenoxy) is 3. The van der Waals surface area contributed by atoms with E-state index in [1.165, 1.54) is 212 Å². The van der Waals surface area contributed by atoms with Gasteiger partial charge in [-0.15, -0.1) is 0 Å². The molecule has 0 rings (SSSR count). The van der Waals surface area contributed by atoms with Crippen molar-refractivity contribution in [3.8, 4) is 0 Å². The maximum Gasteiger partial charge on any atom is 0.306 e. The number of unbranched alkanes of at least 4 members (excludes halogenated alkanes) is 38. The van der Waals surface area contributed by atoms with Gasteiger partial charge in [0.15, 0.2) is 6.10 Å². The summed E-state index contributed by atoms with van der Waals surface area (Å²) in [6.45, 7) is 6.46. The molecular weight excluding hydrogens is 985 g/mol. The molecule has 1 unspecified atom stereocenters. The summed E-state index contributed by atoms with van der Waals surface area (Å²) in [5.74, 6) is -0.990. The fourth-order valence-corrected chi connectivity index (χ4v) is 9.98. The van der Waals surface area contributed by atoms with Crippen LogP contribution in [0.4, 0.5) is 0 Å². The lowest BCUT2D eigenvalue weighted by Gasteiger charge is -2.18. The van der Waals surface area contributed by atoms with Crippen molar-refractivity contribution in [3.05, 3.63) is 85.1 Å². The van der Waals surface area contributed by atoms with Crippen molar-refractivity contribution in [1.82, 2.24) is 0 Å². The van der Waals surface area contributed by atoms with Crippen LogP contribution in [-0.4, -0.2) is 37.2 Å². The van der Waals surface area contributed by atoms with Crippen LogP contribution in [0.15, 0.2) is 85.1 Å². The largest absolute Gasteiger partial charge is 0.462 e. The van der Waals surface area contributed by atoms with Gasteiger partial charge >= 0.3 is 17.9 Å². The number of hydrogen-bond acceptors (Lipinski definition) is 6. The first kappa shape index (κ1) is 76.6. The summed E-state index contributed by atoms with van der Waals surface area (Å²) in [4.78, 5) is 38.2. The fourth-order valence-electron chi connectivity index (χ4n) is 9.98. The smallest absolute Gasteiger partial charge is 0.306 e. The third-order valence-corrected chi connectivity index (χ3v) is 15.1. The predicted molar refractivity (Wildman–Crippen MR) is 348 cm³/mol. The Morgan fingerprint density at radius 2 is 0.525 bits per heavy atom. The Labute approximate surface area is 496 Å². The summed E-state index contributed by atoms with van der Waals surface area (Å²) in [6, 6.07) is 0. The molecule has 0 radical (unpaired) electrons. The molecule has 462 valence electrons. The number of hydrogen-bond donors (Lipinski definition) is 0. The average Bonchev–Trinajstić information content (AvgIpc) is 3.46. The van der Waals surface area contributed by atoms with Gasteiger partial charge in [-0.2, -0.15) is 0 Å². The first-order valence-electron chi connectivity index (χ1n) is 34.6. The molecule has 0 saturated carbocycles. The molecule has 0 heterocycles. The highest BCUT2D eigenvalue weighted by molar-refractivity contribution is 5.71. The van der Waals surface area contributed by atoms with E-state index in [1.54, 1.807) is 0 Å². The van der Waals surface area contributed by atoms with Crippen molar-refractivity contribution in [1.29, 1.82) is 0 Å². The monoisotopic (exact) mass is 1110 g/mol. The lowest BCUT2D eigenvalue weighted by molar-refractivity contribution is -0.166. The van der Waals surface area contributed by atoms with Gasteiger partial charge in [0, 0.05) is 19.3 Å². The number of allylic oxidation sites excluding steroid dienone is 14. The minimum atomic E-state index is -0.820. The molecule has 0 aliphatic rings. The molecule has 0 aromatic carbocycles. The number of rotatable bonds is 63. The summed E-state index contributed by atoms with van der Waals surface area (Å²) in [6.07, 6.45) is 90.8. The fraction of sp³-hybridized carbons (Fsp3) is 0.770. The predicted octanol–water partition coefficient (Wildman–Crippen LogP) is 23.8. The highest BCUT2D eigenvalue weighted by Gasteiger charge is 2.19. The third-order valence-electron chi connectivity index (χ3n) is 15.1. The highest BCUT2D eigenvalue weighted by Crippen LogP contribution is 2.18. The van der Waals surface area contributed by atoms with Crippen LogP contribution < -0.4 is 0 Å². The molecule has 0 aromatic heterocycles. The molecular formula is C74H130O6. The molecule has 80 heavy (non-hydrogen) atoms. The maximum atomic E-state index is 12.9. The first-order chi connectivity index (χ1) is 39.5. The summed E-state index contributed by atoms with van der Waals surface area (Å²) >= 11 is 0. The van der Waals surface area contributed by atoms with E-state index in [9.17, 15) is 14.4 Å². The SMILES string of the molecule is CC/C=C\C/C=C\C/C=C\C/C=C\C/C=C\C/C=C\CCC(=O)OC(COC(=O)CCCCCCC/C=C\CCCC)COC(=O)CCCCCCCCCCCCCCCCCCCCCCCCCCCCCCCCCC. The standard InChI is InChI=1S/C74H130O6/c1-4-7-10-13-16-19-22-24-26-28-30-31-32-33-34-35-36-37-38-39-40-41-42-44-45-47-49-52-55-58-61-64-67-73(76)79-70-71(69-78-72(75)66-63-60-57-54-51-21-18-15-12-9-6-3)80-74(77)68-65-62-59-56-53-50-48-46-43-29-27-25-23-20-17-14-11-8-5-2/h8,11,15,17-18,20,25,27,43,46,50,53,59,62,71H,4-7,9-10,12-14,16,19,21-24,26,28-42,44-45,47-49,51-52,54-58,60-61,63-70H2,1-3H3/b11-8-,18-15-,20-17-,27-25-,46-43-,53-50-,62-59-. The van der Waals surface area contributed by atoms with Gasteiger partial charge in [-0.25, -0.2) is 0 Å². The van der Waals surface area contributed by atoms with Crippen LogP contribution >= 0.6 is 0 Å². The van der Waals surface area contributed by atoms with E-state index >= 15 is 0 Å². The van der Waals surface area contributed by atoms with Gasteiger partial charge in [-0.05, 0) is 77.0 Å². The van der Waals surface area contributed by atoms with Crippen LogP contribution in [0.2, 0.25) is 0 Å². The van der Waals surface area contributed by atoms with E-state index in [-0.39, 0.29) is 31.6 Å². The number of esters is 3. The minimum Gasteiger partial charge on any atom is -0.462 e. The zero-order valence-electron chi connectivity index (χ0n) is 53.1. The van der Waals surface area contributed by atoms with Crippen LogP contribution in [0.3, 0.4) is 0 Å². The second kappa shape index (κ2) is 68.1. The Kier molecular flexibility index (Phi) is 65.2. The zero-order chi connectivity index (χ0) is 57.8. The van der Waals surface area contributed by atoms with Gasteiger partial charge < -0.3 is 14.2 Å². The van der Waals surface area contributed by atoms with Gasteiger partial charge in [0.05, 0.1) is 0 Å². The Morgan fingerprint density at radius 1 is 0.263 bits per heavy atom. The van der Waals surface area contributed by atoms with E-state index in [4.69, 9.17) is 14.2 Å². The lowest BCUT2D eigenvalue weighted by atomic mass is 10.0. The molecule has 0 amide bonds. The van der Waals surface area contributed by atoms with E-state index in [2.05, 4.69) is 99.8 Å².